The molecule has 0 fully saturated rings. The standard InChI is InChI=1S/C12H17FN2O2/c1-17-10-5-4-9(11(13)7-10)8-15-6-2-3-12(14)16/h4-5,7,15H,2-3,6,8H2,1H3,(H2,14,16). The smallest absolute Gasteiger partial charge is 0.217 e. The van der Waals surface area contributed by atoms with Gasteiger partial charge in [0.05, 0.1) is 7.11 Å². The number of benzene rings is 1. The Morgan fingerprint density at radius 2 is 2.29 bits per heavy atom. The molecule has 0 aromatic heterocycles. The molecule has 17 heavy (non-hydrogen) atoms. The molecule has 0 aliphatic heterocycles. The van der Waals surface area contributed by atoms with Gasteiger partial charge >= 0.3 is 0 Å². The molecule has 0 saturated heterocycles. The van der Waals surface area contributed by atoms with Gasteiger partial charge in [-0.1, -0.05) is 6.07 Å². The highest BCUT2D eigenvalue weighted by atomic mass is 19.1. The number of halogens is 1. The Bertz CT molecular complexity index is 383. The second-order valence-electron chi connectivity index (χ2n) is 3.70. The second kappa shape index (κ2) is 6.85. The molecule has 4 nitrogen and oxygen atoms in total. The lowest BCUT2D eigenvalue weighted by atomic mass is 10.2. The zero-order chi connectivity index (χ0) is 12.7. The van der Waals surface area contributed by atoms with E-state index in [0.29, 0.717) is 37.2 Å². The number of carbonyl (C=O) groups is 1. The molecule has 94 valence electrons. The van der Waals surface area contributed by atoms with Crippen molar-refractivity contribution in [2.75, 3.05) is 13.7 Å². The molecular formula is C12H17FN2O2. The van der Waals surface area contributed by atoms with E-state index in [4.69, 9.17) is 10.5 Å². The van der Waals surface area contributed by atoms with Crippen molar-refractivity contribution in [1.29, 1.82) is 0 Å². The van der Waals surface area contributed by atoms with Crippen LogP contribution in [0.15, 0.2) is 18.2 Å². The van der Waals surface area contributed by atoms with Crippen molar-refractivity contribution in [3.8, 4) is 5.75 Å². The van der Waals surface area contributed by atoms with Gasteiger partial charge in [-0.15, -0.1) is 0 Å². The van der Waals surface area contributed by atoms with Crippen LogP contribution in [0.4, 0.5) is 4.39 Å². The molecule has 0 spiro atoms. The second-order valence-corrected chi connectivity index (χ2v) is 3.70. The van der Waals surface area contributed by atoms with E-state index in [0.717, 1.165) is 0 Å². The molecule has 1 aromatic rings. The lowest BCUT2D eigenvalue weighted by Crippen LogP contribution is -2.18. The van der Waals surface area contributed by atoms with E-state index in [1.807, 2.05) is 0 Å². The van der Waals surface area contributed by atoms with Crippen molar-refractivity contribution in [3.63, 3.8) is 0 Å². The largest absolute Gasteiger partial charge is 0.497 e. The van der Waals surface area contributed by atoms with Crippen LogP contribution in [-0.2, 0) is 11.3 Å². The number of methoxy groups -OCH3 is 1. The number of primary amides is 1. The number of nitrogens with one attached hydrogen (secondary N) is 1. The van der Waals surface area contributed by atoms with Gasteiger partial charge < -0.3 is 15.8 Å². The molecule has 0 saturated carbocycles. The van der Waals surface area contributed by atoms with Crippen molar-refractivity contribution in [2.24, 2.45) is 5.73 Å². The summed E-state index contributed by atoms with van der Waals surface area (Å²) in [5.74, 6) is -0.117. The van der Waals surface area contributed by atoms with E-state index in [-0.39, 0.29) is 11.7 Å². The molecule has 0 aliphatic carbocycles. The SMILES string of the molecule is COc1ccc(CNCCCC(N)=O)c(F)c1. The third-order valence-corrected chi connectivity index (χ3v) is 2.35. The van der Waals surface area contributed by atoms with Crippen LogP contribution >= 0.6 is 0 Å². The van der Waals surface area contributed by atoms with Crippen LogP contribution in [0.25, 0.3) is 0 Å². The summed E-state index contributed by atoms with van der Waals surface area (Å²) < 4.78 is 18.4. The molecule has 0 heterocycles. The average Bonchev–Trinajstić information content (AvgIpc) is 2.30. The summed E-state index contributed by atoms with van der Waals surface area (Å²) in [6.45, 7) is 1.06. The summed E-state index contributed by atoms with van der Waals surface area (Å²) in [4.78, 5) is 10.5. The number of hydrogen-bond donors (Lipinski definition) is 2. The van der Waals surface area contributed by atoms with Gasteiger partial charge in [-0.05, 0) is 19.0 Å². The van der Waals surface area contributed by atoms with E-state index < -0.39 is 0 Å². The quantitative estimate of drug-likeness (QED) is 0.704. The highest BCUT2D eigenvalue weighted by Gasteiger charge is 2.03. The van der Waals surface area contributed by atoms with Gasteiger partial charge in [0.2, 0.25) is 5.91 Å². The van der Waals surface area contributed by atoms with Gasteiger partial charge in [-0.3, -0.25) is 4.79 Å². The Hall–Kier alpha value is -1.62. The zero-order valence-corrected chi connectivity index (χ0v) is 9.83. The van der Waals surface area contributed by atoms with Gasteiger partial charge in [0.15, 0.2) is 0 Å². The number of amides is 1. The van der Waals surface area contributed by atoms with E-state index in [1.54, 1.807) is 12.1 Å². The van der Waals surface area contributed by atoms with Crippen molar-refractivity contribution in [1.82, 2.24) is 5.32 Å². The van der Waals surface area contributed by atoms with Gasteiger partial charge in [-0.2, -0.15) is 0 Å². The van der Waals surface area contributed by atoms with Crippen LogP contribution in [0.5, 0.6) is 5.75 Å². The van der Waals surface area contributed by atoms with Crippen LogP contribution in [0.2, 0.25) is 0 Å². The predicted octanol–water partition coefficient (Wildman–Crippen LogP) is 1.19. The lowest BCUT2D eigenvalue weighted by Gasteiger charge is -2.07. The molecule has 0 radical (unpaired) electrons. The predicted molar refractivity (Wildman–Crippen MR) is 63.1 cm³/mol. The van der Waals surface area contributed by atoms with E-state index in [1.165, 1.54) is 13.2 Å². The number of rotatable bonds is 7. The molecule has 0 bridgehead atoms. The number of nitrogens with two attached hydrogens (primary N) is 1. The normalized spacial score (nSPS) is 10.2. The average molecular weight is 240 g/mol. The van der Waals surface area contributed by atoms with Crippen molar-refractivity contribution < 1.29 is 13.9 Å². The monoisotopic (exact) mass is 240 g/mol. The fourth-order valence-electron chi connectivity index (χ4n) is 1.41. The van der Waals surface area contributed by atoms with Gasteiger partial charge in [0.25, 0.3) is 0 Å². The molecule has 0 unspecified atom stereocenters. The van der Waals surface area contributed by atoms with Crippen LogP contribution in [0.3, 0.4) is 0 Å². The summed E-state index contributed by atoms with van der Waals surface area (Å²) in [5.41, 5.74) is 5.58. The van der Waals surface area contributed by atoms with Crippen molar-refractivity contribution in [2.45, 2.75) is 19.4 Å². The lowest BCUT2D eigenvalue weighted by molar-refractivity contribution is -0.118. The van der Waals surface area contributed by atoms with E-state index in [9.17, 15) is 9.18 Å². The highest BCUT2D eigenvalue weighted by Crippen LogP contribution is 2.15. The maximum atomic E-state index is 13.5. The number of hydrogen-bond acceptors (Lipinski definition) is 3. The Labute approximate surface area is 100.0 Å². The minimum absolute atomic E-state index is 0.299. The molecular weight excluding hydrogens is 223 g/mol. The Morgan fingerprint density at radius 3 is 2.88 bits per heavy atom. The molecule has 0 atom stereocenters. The minimum Gasteiger partial charge on any atom is -0.497 e. The summed E-state index contributed by atoms with van der Waals surface area (Å²) in [7, 11) is 1.50. The maximum absolute atomic E-state index is 13.5. The first-order valence-electron chi connectivity index (χ1n) is 5.45. The first-order chi connectivity index (χ1) is 8.13. The topological polar surface area (TPSA) is 64.3 Å². The fourth-order valence-corrected chi connectivity index (χ4v) is 1.41. The Kier molecular flexibility index (Phi) is 5.42. The number of ether oxygens (including phenoxy) is 1. The third kappa shape index (κ3) is 4.82. The Balaban J connectivity index is 2.34. The fraction of sp³-hybridized carbons (Fsp3) is 0.417. The van der Waals surface area contributed by atoms with Gasteiger partial charge in [0, 0.05) is 24.6 Å². The Morgan fingerprint density at radius 1 is 1.53 bits per heavy atom. The third-order valence-electron chi connectivity index (χ3n) is 2.35. The van der Waals surface area contributed by atoms with Crippen molar-refractivity contribution >= 4 is 5.91 Å². The first-order valence-corrected chi connectivity index (χ1v) is 5.45. The molecule has 1 aromatic carbocycles. The van der Waals surface area contributed by atoms with Crippen LogP contribution in [0, 0.1) is 5.82 Å². The van der Waals surface area contributed by atoms with Gasteiger partial charge in [-0.25, -0.2) is 4.39 Å². The van der Waals surface area contributed by atoms with Crippen molar-refractivity contribution in [3.05, 3.63) is 29.6 Å². The van der Waals surface area contributed by atoms with Crippen LogP contribution < -0.4 is 15.8 Å². The zero-order valence-electron chi connectivity index (χ0n) is 9.83. The van der Waals surface area contributed by atoms with Gasteiger partial charge in [0.1, 0.15) is 11.6 Å². The molecule has 1 rings (SSSR count). The minimum atomic E-state index is -0.317. The molecule has 5 heteroatoms. The summed E-state index contributed by atoms with van der Waals surface area (Å²) in [6, 6.07) is 4.74. The summed E-state index contributed by atoms with van der Waals surface area (Å²) in [6.07, 6.45) is 1.01. The molecule has 0 aliphatic rings. The number of carbonyl (C=O) groups excluding carboxylic acids is 1. The van der Waals surface area contributed by atoms with E-state index >= 15 is 0 Å². The summed E-state index contributed by atoms with van der Waals surface area (Å²) >= 11 is 0. The summed E-state index contributed by atoms with van der Waals surface area (Å²) in [5, 5.41) is 3.05. The maximum Gasteiger partial charge on any atom is 0.217 e. The molecule has 1 amide bonds. The molecule has 3 N–H and O–H groups in total. The highest BCUT2D eigenvalue weighted by molar-refractivity contribution is 5.73. The van der Waals surface area contributed by atoms with Crippen LogP contribution in [0.1, 0.15) is 18.4 Å². The first kappa shape index (κ1) is 13.4. The van der Waals surface area contributed by atoms with E-state index in [2.05, 4.69) is 5.32 Å². The van der Waals surface area contributed by atoms with Crippen LogP contribution in [-0.4, -0.2) is 19.6 Å².